The highest BCUT2D eigenvalue weighted by molar-refractivity contribution is 6.10. The average molecular weight is 894 g/mol. The maximum Gasteiger partial charge on any atom is 0.0742 e. The van der Waals surface area contributed by atoms with Crippen LogP contribution < -0.4 is 9.80 Å². The third kappa shape index (κ3) is 6.74. The highest BCUT2D eigenvalue weighted by Crippen LogP contribution is 2.58. The summed E-state index contributed by atoms with van der Waals surface area (Å²) < 4.78 is 2.38. The van der Waals surface area contributed by atoms with Gasteiger partial charge in [-0.1, -0.05) is 200 Å². The third-order valence-electron chi connectivity index (χ3n) is 14.2. The van der Waals surface area contributed by atoms with Crippen molar-refractivity contribution in [3.8, 4) is 27.9 Å². The van der Waals surface area contributed by atoms with Gasteiger partial charge in [-0.15, -0.1) is 0 Å². The molecule has 1 aromatic heterocycles. The smallest absolute Gasteiger partial charge is 0.0742 e. The van der Waals surface area contributed by atoms with Crippen molar-refractivity contribution in [2.24, 2.45) is 0 Å². The molecule has 11 aromatic carbocycles. The zero-order valence-electron chi connectivity index (χ0n) is 38.5. The largest absolute Gasteiger partial charge is 0.310 e. The van der Waals surface area contributed by atoms with Gasteiger partial charge in [-0.05, 0) is 129 Å². The average Bonchev–Trinajstić information content (AvgIpc) is 3.77. The van der Waals surface area contributed by atoms with Crippen LogP contribution >= 0.6 is 0 Å². The lowest BCUT2D eigenvalue weighted by atomic mass is 9.62. The summed E-state index contributed by atoms with van der Waals surface area (Å²) in [6.45, 7) is 0. The lowest BCUT2D eigenvalue weighted by Crippen LogP contribution is -2.37. The molecule has 70 heavy (non-hydrogen) atoms. The van der Waals surface area contributed by atoms with Crippen molar-refractivity contribution >= 4 is 55.9 Å². The van der Waals surface area contributed by atoms with Crippen LogP contribution in [0.25, 0.3) is 49.7 Å². The van der Waals surface area contributed by atoms with Crippen molar-refractivity contribution in [2.45, 2.75) is 5.41 Å². The second-order valence-corrected chi connectivity index (χ2v) is 18.1. The van der Waals surface area contributed by atoms with E-state index in [0.717, 1.165) is 45.3 Å². The molecule has 13 rings (SSSR count). The third-order valence-corrected chi connectivity index (χ3v) is 14.2. The van der Waals surface area contributed by atoms with Crippen molar-refractivity contribution in [2.75, 3.05) is 9.80 Å². The summed E-state index contributed by atoms with van der Waals surface area (Å²) in [5.74, 6) is 0. The molecule has 0 unspecified atom stereocenters. The monoisotopic (exact) mass is 893 g/mol. The molecule has 12 aromatic rings. The molecule has 0 bridgehead atoms. The summed E-state index contributed by atoms with van der Waals surface area (Å²) in [5.41, 5.74) is 19.3. The van der Waals surface area contributed by atoms with Gasteiger partial charge >= 0.3 is 0 Å². The first-order valence-electron chi connectivity index (χ1n) is 24.1. The number of aromatic nitrogens is 1. The molecule has 0 spiro atoms. The molecule has 330 valence electrons. The molecule has 0 saturated heterocycles. The van der Waals surface area contributed by atoms with E-state index in [0.29, 0.717) is 0 Å². The Morgan fingerprint density at radius 3 is 1.39 bits per heavy atom. The quantitative estimate of drug-likeness (QED) is 0.143. The molecule has 3 nitrogen and oxygen atoms in total. The Balaban J connectivity index is 0.968. The number of hydrogen-bond acceptors (Lipinski definition) is 2. The van der Waals surface area contributed by atoms with E-state index in [9.17, 15) is 0 Å². The highest BCUT2D eigenvalue weighted by atomic mass is 15.2. The van der Waals surface area contributed by atoms with E-state index >= 15 is 0 Å². The van der Waals surface area contributed by atoms with Crippen molar-refractivity contribution in [1.82, 2.24) is 4.57 Å². The molecule has 1 aliphatic heterocycles. The maximum absolute atomic E-state index is 2.46. The standard InChI is InChI=1S/C67H47N3/c1-6-20-48(21-7-1)49-34-39-56(40-35-49)68(58-43-45-64-60(47-58)59-30-16-18-32-63(59)69(64)54-26-12-4-13-27-54)57-41-36-50(37-42-57)51-38-44-62-66(46-51)70(55-28-14-5-15-29-55)65-33-19-17-31-61(65)67(62,52-22-8-2-9-23-52)53-24-10-3-11-25-53/h1-47H. The molecule has 0 atom stereocenters. The Kier molecular flexibility index (Phi) is 10.1. The molecular weight excluding hydrogens is 847 g/mol. The first-order valence-corrected chi connectivity index (χ1v) is 24.1. The molecule has 0 radical (unpaired) electrons. The number of nitrogens with zero attached hydrogens (tertiary/aromatic N) is 3. The number of rotatable bonds is 9. The number of anilines is 6. The SMILES string of the molecule is c1ccc(-c2ccc(N(c3ccc(-c4ccc5c(c4)N(c4ccccc4)c4ccccc4C5(c4ccccc4)c4ccccc4)cc3)c3ccc4c(c3)c3ccccc3n4-c3ccccc3)cc2)cc1. The van der Waals surface area contributed by atoms with Crippen LogP contribution in [-0.2, 0) is 5.41 Å². The first-order chi connectivity index (χ1) is 34.7. The fraction of sp³-hybridized carbons (Fsp3) is 0.0149. The van der Waals surface area contributed by atoms with Crippen LogP contribution in [0, 0.1) is 0 Å². The number of hydrogen-bond donors (Lipinski definition) is 0. The van der Waals surface area contributed by atoms with E-state index in [4.69, 9.17) is 0 Å². The zero-order chi connectivity index (χ0) is 46.4. The van der Waals surface area contributed by atoms with Crippen molar-refractivity contribution in [3.05, 3.63) is 307 Å². The lowest BCUT2D eigenvalue weighted by Gasteiger charge is -2.46. The molecule has 0 N–H and O–H groups in total. The maximum atomic E-state index is 2.46. The van der Waals surface area contributed by atoms with Gasteiger partial charge < -0.3 is 14.4 Å². The molecule has 0 saturated carbocycles. The summed E-state index contributed by atoms with van der Waals surface area (Å²) >= 11 is 0. The van der Waals surface area contributed by atoms with Crippen molar-refractivity contribution in [3.63, 3.8) is 0 Å². The van der Waals surface area contributed by atoms with Gasteiger partial charge in [0.05, 0.1) is 27.8 Å². The minimum Gasteiger partial charge on any atom is -0.310 e. The molecule has 2 heterocycles. The predicted octanol–water partition coefficient (Wildman–Crippen LogP) is 17.8. The summed E-state index contributed by atoms with van der Waals surface area (Å²) in [6.07, 6.45) is 0. The number of fused-ring (bicyclic) bond motifs is 5. The molecule has 0 amide bonds. The van der Waals surface area contributed by atoms with E-state index in [2.05, 4.69) is 299 Å². The Labute approximate surface area is 409 Å². The van der Waals surface area contributed by atoms with Gasteiger partial charge in [0.2, 0.25) is 0 Å². The number of para-hydroxylation sites is 4. The van der Waals surface area contributed by atoms with Crippen molar-refractivity contribution in [1.29, 1.82) is 0 Å². The van der Waals surface area contributed by atoms with E-state index < -0.39 is 5.41 Å². The summed E-state index contributed by atoms with van der Waals surface area (Å²) in [7, 11) is 0. The highest BCUT2D eigenvalue weighted by Gasteiger charge is 2.46. The molecule has 0 aliphatic carbocycles. The van der Waals surface area contributed by atoms with Crippen LogP contribution in [0.5, 0.6) is 0 Å². The summed E-state index contributed by atoms with van der Waals surface area (Å²) in [4.78, 5) is 4.85. The van der Waals surface area contributed by atoms with Crippen LogP contribution in [0.4, 0.5) is 34.1 Å². The molecular formula is C67H47N3. The Hall–Kier alpha value is -9.18. The molecule has 3 heteroatoms. The molecule has 0 fully saturated rings. The van der Waals surface area contributed by atoms with Crippen LogP contribution in [0.15, 0.2) is 285 Å². The Morgan fingerprint density at radius 2 is 0.743 bits per heavy atom. The van der Waals surface area contributed by atoms with E-state index in [1.165, 1.54) is 60.9 Å². The Morgan fingerprint density at radius 1 is 0.286 bits per heavy atom. The van der Waals surface area contributed by atoms with Gasteiger partial charge in [-0.2, -0.15) is 0 Å². The number of benzene rings is 11. The lowest BCUT2D eigenvalue weighted by molar-refractivity contribution is 0.731. The molecule has 1 aliphatic rings. The second-order valence-electron chi connectivity index (χ2n) is 18.1. The normalized spacial score (nSPS) is 12.7. The fourth-order valence-electron chi connectivity index (χ4n) is 11.1. The van der Waals surface area contributed by atoms with Gasteiger partial charge in [-0.3, -0.25) is 0 Å². The van der Waals surface area contributed by atoms with Gasteiger partial charge in [0.15, 0.2) is 0 Å². The van der Waals surface area contributed by atoms with Gasteiger partial charge in [0.1, 0.15) is 0 Å². The van der Waals surface area contributed by atoms with Gasteiger partial charge in [0, 0.05) is 39.2 Å². The fourth-order valence-corrected chi connectivity index (χ4v) is 11.1. The van der Waals surface area contributed by atoms with Crippen LogP contribution in [0.1, 0.15) is 22.3 Å². The first kappa shape index (κ1) is 41.0. The zero-order valence-corrected chi connectivity index (χ0v) is 38.5. The van der Waals surface area contributed by atoms with Crippen molar-refractivity contribution < 1.29 is 0 Å². The second kappa shape index (κ2) is 17.2. The summed E-state index contributed by atoms with van der Waals surface area (Å²) in [5, 5.41) is 2.43. The van der Waals surface area contributed by atoms with Gasteiger partial charge in [0.25, 0.3) is 0 Å². The van der Waals surface area contributed by atoms with Crippen LogP contribution in [-0.4, -0.2) is 4.57 Å². The summed E-state index contributed by atoms with van der Waals surface area (Å²) in [6, 6.07) is 104. The predicted molar refractivity (Wildman–Crippen MR) is 293 cm³/mol. The Bertz CT molecular complexity index is 3750. The minimum absolute atomic E-state index is 0.562. The van der Waals surface area contributed by atoms with Gasteiger partial charge in [-0.25, -0.2) is 0 Å². The van der Waals surface area contributed by atoms with Crippen LogP contribution in [0.2, 0.25) is 0 Å². The topological polar surface area (TPSA) is 11.4 Å². The van der Waals surface area contributed by atoms with E-state index in [1.807, 2.05) is 0 Å². The van der Waals surface area contributed by atoms with E-state index in [-0.39, 0.29) is 0 Å². The minimum atomic E-state index is -0.562. The van der Waals surface area contributed by atoms with Crippen LogP contribution in [0.3, 0.4) is 0 Å². The van der Waals surface area contributed by atoms with E-state index in [1.54, 1.807) is 0 Å².